The summed E-state index contributed by atoms with van der Waals surface area (Å²) in [4.78, 5) is 23.8. The number of ether oxygens (including phenoxy) is 1. The minimum atomic E-state index is -1.07. The number of anilines is 3. The maximum absolute atomic E-state index is 13.2. The zero-order valence-electron chi connectivity index (χ0n) is 16.9. The van der Waals surface area contributed by atoms with Crippen molar-refractivity contribution in [3.8, 4) is 5.75 Å². The molecule has 0 aliphatic heterocycles. The van der Waals surface area contributed by atoms with Crippen LogP contribution >= 0.6 is 23.1 Å². The Balaban J connectivity index is 1.43. The molecule has 0 bridgehead atoms. The molecule has 2 aromatic carbocycles. The van der Waals surface area contributed by atoms with Gasteiger partial charge in [-0.3, -0.25) is 9.59 Å². The normalized spacial score (nSPS) is 10.5. The van der Waals surface area contributed by atoms with Gasteiger partial charge in [0.05, 0.1) is 24.6 Å². The number of benzene rings is 2. The summed E-state index contributed by atoms with van der Waals surface area (Å²) in [7, 11) is 0. The highest BCUT2D eigenvalue weighted by atomic mass is 32.2. The zero-order valence-corrected chi connectivity index (χ0v) is 18.5. The van der Waals surface area contributed by atoms with Gasteiger partial charge in [-0.2, -0.15) is 0 Å². The first-order chi connectivity index (χ1) is 15.4. The Morgan fingerprint density at radius 3 is 2.69 bits per heavy atom. The molecule has 8 nitrogen and oxygen atoms in total. The molecule has 168 valence electrons. The summed E-state index contributed by atoms with van der Waals surface area (Å²) in [5.74, 6) is -2.31. The third-order valence-corrected chi connectivity index (χ3v) is 5.78. The Kier molecular flexibility index (Phi) is 8.34. The minimum Gasteiger partial charge on any atom is -0.492 e. The lowest BCUT2D eigenvalue weighted by Crippen LogP contribution is -2.33. The van der Waals surface area contributed by atoms with Crippen LogP contribution in [-0.2, 0) is 9.59 Å². The van der Waals surface area contributed by atoms with Crippen molar-refractivity contribution in [3.63, 3.8) is 0 Å². The molecule has 0 aliphatic rings. The first kappa shape index (κ1) is 23.4. The second-order valence-corrected chi connectivity index (χ2v) is 8.37. The molecule has 0 aliphatic carbocycles. The predicted octanol–water partition coefficient (Wildman–Crippen LogP) is 3.81. The Hall–Kier alpha value is -3.25. The molecule has 0 atom stereocenters. The smallest absolute Gasteiger partial charge is 0.243 e. The number of thioether (sulfide) groups is 1. The van der Waals surface area contributed by atoms with Gasteiger partial charge in [0.25, 0.3) is 0 Å². The summed E-state index contributed by atoms with van der Waals surface area (Å²) >= 11 is 2.45. The molecule has 0 radical (unpaired) electrons. The summed E-state index contributed by atoms with van der Waals surface area (Å²) in [6.45, 7) is 2.12. The molecule has 12 heteroatoms. The number of hydrogen-bond acceptors (Lipinski definition) is 8. The van der Waals surface area contributed by atoms with Gasteiger partial charge in [-0.25, -0.2) is 8.78 Å². The van der Waals surface area contributed by atoms with Crippen molar-refractivity contribution in [1.29, 1.82) is 0 Å². The predicted molar refractivity (Wildman–Crippen MR) is 120 cm³/mol. The zero-order chi connectivity index (χ0) is 22.9. The fourth-order valence-electron chi connectivity index (χ4n) is 2.42. The van der Waals surface area contributed by atoms with E-state index in [1.165, 1.54) is 29.2 Å². The number of amides is 2. The summed E-state index contributed by atoms with van der Waals surface area (Å²) in [6.07, 6.45) is 0. The van der Waals surface area contributed by atoms with E-state index in [-0.39, 0.29) is 23.9 Å². The van der Waals surface area contributed by atoms with Crippen LogP contribution < -0.4 is 20.7 Å². The molecule has 0 spiro atoms. The molecule has 0 unspecified atom stereocenters. The van der Waals surface area contributed by atoms with Gasteiger partial charge in [-0.05, 0) is 31.2 Å². The van der Waals surface area contributed by atoms with Gasteiger partial charge in [0.1, 0.15) is 5.75 Å². The van der Waals surface area contributed by atoms with Gasteiger partial charge in [-0.1, -0.05) is 35.2 Å². The number of para-hydroxylation sites is 2. The van der Waals surface area contributed by atoms with Crippen LogP contribution in [0.1, 0.15) is 6.92 Å². The monoisotopic (exact) mass is 479 g/mol. The van der Waals surface area contributed by atoms with Gasteiger partial charge in [0.2, 0.25) is 16.9 Å². The van der Waals surface area contributed by atoms with Gasteiger partial charge >= 0.3 is 0 Å². The van der Waals surface area contributed by atoms with Crippen LogP contribution in [0.25, 0.3) is 0 Å². The lowest BCUT2D eigenvalue weighted by molar-refractivity contribution is -0.122. The van der Waals surface area contributed by atoms with Crippen molar-refractivity contribution < 1.29 is 23.1 Å². The topological polar surface area (TPSA) is 105 Å². The van der Waals surface area contributed by atoms with E-state index in [1.54, 1.807) is 0 Å². The number of rotatable bonds is 10. The Morgan fingerprint density at radius 2 is 1.91 bits per heavy atom. The van der Waals surface area contributed by atoms with Gasteiger partial charge < -0.3 is 20.7 Å². The third kappa shape index (κ3) is 6.89. The fraction of sp³-hybridized carbons (Fsp3) is 0.200. The van der Waals surface area contributed by atoms with Crippen LogP contribution in [0.15, 0.2) is 46.8 Å². The quantitative estimate of drug-likeness (QED) is 0.380. The number of carbonyl (C=O) groups excluding carboxylic acids is 2. The van der Waals surface area contributed by atoms with E-state index >= 15 is 0 Å². The lowest BCUT2D eigenvalue weighted by Gasteiger charge is -2.09. The first-order valence-electron chi connectivity index (χ1n) is 9.41. The molecule has 32 heavy (non-hydrogen) atoms. The molecule has 0 fully saturated rings. The molecular weight excluding hydrogens is 460 g/mol. The van der Waals surface area contributed by atoms with Crippen molar-refractivity contribution >= 4 is 51.4 Å². The van der Waals surface area contributed by atoms with Crippen molar-refractivity contribution in [2.75, 3.05) is 29.5 Å². The third-order valence-electron chi connectivity index (χ3n) is 3.81. The average molecular weight is 480 g/mol. The Bertz CT molecular complexity index is 1100. The molecule has 0 saturated heterocycles. The molecule has 3 rings (SSSR count). The number of carbonyl (C=O) groups is 2. The molecule has 2 amide bonds. The summed E-state index contributed by atoms with van der Waals surface area (Å²) < 4.78 is 32.2. The highest BCUT2D eigenvalue weighted by Crippen LogP contribution is 2.31. The van der Waals surface area contributed by atoms with Crippen LogP contribution in [0.3, 0.4) is 0 Å². The van der Waals surface area contributed by atoms with Crippen molar-refractivity contribution in [3.05, 3.63) is 54.1 Å². The Labute approximate surface area is 190 Å². The summed E-state index contributed by atoms with van der Waals surface area (Å²) in [5, 5.41) is 16.6. The summed E-state index contributed by atoms with van der Waals surface area (Å²) in [6, 6.07) is 10.4. The number of nitrogens with one attached hydrogen (secondary N) is 3. The van der Waals surface area contributed by atoms with E-state index in [2.05, 4.69) is 26.1 Å². The molecular formula is C20H19F2N5O3S2. The van der Waals surface area contributed by atoms with Crippen molar-refractivity contribution in [2.24, 2.45) is 0 Å². The maximum atomic E-state index is 13.2. The molecule has 1 aromatic heterocycles. The van der Waals surface area contributed by atoms with E-state index in [9.17, 15) is 18.4 Å². The number of hydrogen-bond donors (Lipinski definition) is 3. The molecule has 3 N–H and O–H groups in total. The highest BCUT2D eigenvalue weighted by Gasteiger charge is 2.12. The lowest BCUT2D eigenvalue weighted by atomic mass is 10.3. The van der Waals surface area contributed by atoms with E-state index < -0.39 is 17.5 Å². The van der Waals surface area contributed by atoms with E-state index in [0.29, 0.717) is 21.8 Å². The number of aromatic nitrogens is 2. The van der Waals surface area contributed by atoms with Crippen LogP contribution in [0.4, 0.5) is 25.3 Å². The van der Waals surface area contributed by atoms with Gasteiger partial charge in [-0.15, -0.1) is 10.2 Å². The van der Waals surface area contributed by atoms with E-state index in [4.69, 9.17) is 4.74 Å². The largest absolute Gasteiger partial charge is 0.492 e. The van der Waals surface area contributed by atoms with Gasteiger partial charge in [0.15, 0.2) is 16.0 Å². The first-order valence-corrected chi connectivity index (χ1v) is 11.2. The van der Waals surface area contributed by atoms with Crippen LogP contribution in [-0.4, -0.2) is 40.9 Å². The SMILES string of the molecule is CCOc1ccccc1Nc1nnc(SCC(=O)NCC(=O)Nc2ccc(F)c(F)c2)s1. The minimum absolute atomic E-state index is 0.0304. The fourth-order valence-corrected chi connectivity index (χ4v) is 4.02. The van der Waals surface area contributed by atoms with E-state index in [1.807, 2.05) is 31.2 Å². The van der Waals surface area contributed by atoms with Crippen LogP contribution in [0, 0.1) is 11.6 Å². The second kappa shape index (κ2) is 11.4. The highest BCUT2D eigenvalue weighted by molar-refractivity contribution is 8.01. The molecule has 1 heterocycles. The number of nitrogens with zero attached hydrogens (tertiary/aromatic N) is 2. The Morgan fingerprint density at radius 1 is 1.09 bits per heavy atom. The number of halogens is 2. The molecule has 0 saturated carbocycles. The maximum Gasteiger partial charge on any atom is 0.243 e. The summed E-state index contributed by atoms with van der Waals surface area (Å²) in [5.41, 5.74) is 0.851. The molecule has 3 aromatic rings. The second-order valence-electron chi connectivity index (χ2n) is 6.17. The van der Waals surface area contributed by atoms with Crippen molar-refractivity contribution in [2.45, 2.75) is 11.3 Å². The van der Waals surface area contributed by atoms with Crippen LogP contribution in [0.5, 0.6) is 5.75 Å². The van der Waals surface area contributed by atoms with Crippen LogP contribution in [0.2, 0.25) is 0 Å². The standard InChI is InChI=1S/C20H19F2N5O3S2/c1-2-30-16-6-4-3-5-15(16)25-19-26-27-20(32-19)31-11-18(29)23-10-17(28)24-12-7-8-13(21)14(22)9-12/h3-9H,2,10-11H2,1H3,(H,23,29)(H,24,28)(H,25,26). The average Bonchev–Trinajstić information content (AvgIpc) is 3.22. The van der Waals surface area contributed by atoms with Crippen molar-refractivity contribution in [1.82, 2.24) is 15.5 Å². The van der Waals surface area contributed by atoms with Gasteiger partial charge in [0, 0.05) is 11.8 Å². The van der Waals surface area contributed by atoms with E-state index in [0.717, 1.165) is 17.8 Å².